The Hall–Kier alpha value is -1.65. The molecule has 5 nitrogen and oxygen atoms in total. The predicted molar refractivity (Wildman–Crippen MR) is 68.3 cm³/mol. The van der Waals surface area contributed by atoms with Crippen LogP contribution in [0.3, 0.4) is 0 Å². The maximum Gasteiger partial charge on any atom is 0.252 e. The molecule has 1 fully saturated rings. The molecule has 1 heterocycles. The molecule has 1 aromatic rings. The second kappa shape index (κ2) is 5.12. The first-order valence-electron chi connectivity index (χ1n) is 6.05. The molecule has 17 heavy (non-hydrogen) atoms. The molecule has 92 valence electrons. The van der Waals surface area contributed by atoms with Crippen molar-refractivity contribution in [3.63, 3.8) is 0 Å². The van der Waals surface area contributed by atoms with Crippen LogP contribution in [-0.4, -0.2) is 15.7 Å². The van der Waals surface area contributed by atoms with Gasteiger partial charge in [-0.1, -0.05) is 13.3 Å². The van der Waals surface area contributed by atoms with Crippen molar-refractivity contribution in [2.75, 3.05) is 5.43 Å². The molecule has 0 amide bonds. The molecule has 0 aliphatic heterocycles. The molecule has 5 heteroatoms. The third kappa shape index (κ3) is 3.15. The third-order valence-corrected chi connectivity index (χ3v) is 3.06. The van der Waals surface area contributed by atoms with Crippen molar-refractivity contribution in [2.24, 2.45) is 11.0 Å². The lowest BCUT2D eigenvalue weighted by molar-refractivity contribution is 0.558. The average molecular weight is 234 g/mol. The fourth-order valence-electron chi connectivity index (χ4n) is 2.09. The summed E-state index contributed by atoms with van der Waals surface area (Å²) in [7, 11) is 0. The number of rotatable bonds is 2. The van der Waals surface area contributed by atoms with E-state index in [1.807, 2.05) is 0 Å². The van der Waals surface area contributed by atoms with Crippen molar-refractivity contribution >= 4 is 11.7 Å². The molecule has 1 aromatic heterocycles. The molecule has 2 N–H and O–H groups in total. The highest BCUT2D eigenvalue weighted by molar-refractivity contribution is 5.87. The number of aromatic amines is 1. The van der Waals surface area contributed by atoms with Crippen molar-refractivity contribution < 1.29 is 0 Å². The van der Waals surface area contributed by atoms with Gasteiger partial charge in [-0.15, -0.1) is 0 Å². The van der Waals surface area contributed by atoms with Crippen molar-refractivity contribution in [2.45, 2.75) is 39.5 Å². The van der Waals surface area contributed by atoms with Gasteiger partial charge in [0.25, 0.3) is 5.56 Å². The van der Waals surface area contributed by atoms with Crippen LogP contribution in [0, 0.1) is 12.8 Å². The van der Waals surface area contributed by atoms with Gasteiger partial charge < -0.3 is 0 Å². The SMILES string of the molecule is Cc1cc(=O)[nH]c(N/N=C2/CCCC[C@@H]2C)n1. The van der Waals surface area contributed by atoms with Gasteiger partial charge in [-0.3, -0.25) is 9.78 Å². The van der Waals surface area contributed by atoms with Crippen LogP contribution in [0.1, 0.15) is 38.3 Å². The standard InChI is InChI=1S/C12H18N4O/c1-8-5-3-4-6-10(8)15-16-12-13-9(2)7-11(17)14-12/h7-8H,3-6H2,1-2H3,(H2,13,14,16,17)/b15-10-/t8-/m0/s1. The minimum atomic E-state index is -0.156. The number of hydrazone groups is 1. The molecular formula is C12H18N4O. The molecule has 0 radical (unpaired) electrons. The van der Waals surface area contributed by atoms with Crippen LogP contribution in [0.15, 0.2) is 16.0 Å². The monoisotopic (exact) mass is 234 g/mol. The van der Waals surface area contributed by atoms with Crippen molar-refractivity contribution in [3.8, 4) is 0 Å². The van der Waals surface area contributed by atoms with E-state index in [2.05, 4.69) is 27.4 Å². The minimum absolute atomic E-state index is 0.156. The van der Waals surface area contributed by atoms with Gasteiger partial charge in [-0.05, 0) is 32.1 Å². The van der Waals surface area contributed by atoms with Gasteiger partial charge in [0.15, 0.2) is 0 Å². The molecule has 0 aromatic carbocycles. The lowest BCUT2D eigenvalue weighted by atomic mass is 9.89. The van der Waals surface area contributed by atoms with E-state index in [4.69, 9.17) is 0 Å². The molecular weight excluding hydrogens is 216 g/mol. The zero-order chi connectivity index (χ0) is 12.3. The quantitative estimate of drug-likeness (QED) is 0.769. The first kappa shape index (κ1) is 11.8. The highest BCUT2D eigenvalue weighted by Gasteiger charge is 2.15. The van der Waals surface area contributed by atoms with Crippen LogP contribution < -0.4 is 11.0 Å². The van der Waals surface area contributed by atoms with Gasteiger partial charge >= 0.3 is 0 Å². The van der Waals surface area contributed by atoms with Gasteiger partial charge in [0.1, 0.15) is 0 Å². The summed E-state index contributed by atoms with van der Waals surface area (Å²) in [6, 6.07) is 1.46. The van der Waals surface area contributed by atoms with Crippen LogP contribution in [0.2, 0.25) is 0 Å². The number of nitrogens with zero attached hydrogens (tertiary/aromatic N) is 2. The maximum atomic E-state index is 11.2. The van der Waals surface area contributed by atoms with E-state index < -0.39 is 0 Å². The molecule has 0 spiro atoms. The first-order chi connectivity index (χ1) is 8.15. The highest BCUT2D eigenvalue weighted by Crippen LogP contribution is 2.21. The van der Waals surface area contributed by atoms with Crippen LogP contribution in [0.4, 0.5) is 5.95 Å². The molecule has 1 aliphatic rings. The molecule has 1 atom stereocenters. The van der Waals surface area contributed by atoms with E-state index in [9.17, 15) is 4.79 Å². The van der Waals surface area contributed by atoms with E-state index >= 15 is 0 Å². The summed E-state index contributed by atoms with van der Waals surface area (Å²) in [6.45, 7) is 3.98. The number of hydrogen-bond acceptors (Lipinski definition) is 4. The van der Waals surface area contributed by atoms with Crippen molar-refractivity contribution in [3.05, 3.63) is 22.1 Å². The normalized spacial score (nSPS) is 22.7. The van der Waals surface area contributed by atoms with E-state index in [0.29, 0.717) is 17.6 Å². The molecule has 1 saturated carbocycles. The summed E-state index contributed by atoms with van der Waals surface area (Å²) in [5.41, 5.74) is 4.55. The lowest BCUT2D eigenvalue weighted by Gasteiger charge is -2.19. The number of H-pyrrole nitrogens is 1. The Labute approximate surface area is 100 Å². The fraction of sp³-hybridized carbons (Fsp3) is 0.583. The zero-order valence-electron chi connectivity index (χ0n) is 10.3. The average Bonchev–Trinajstić information content (AvgIpc) is 2.27. The Bertz CT molecular complexity index is 478. The molecule has 2 rings (SSSR count). The fourth-order valence-corrected chi connectivity index (χ4v) is 2.09. The van der Waals surface area contributed by atoms with E-state index in [0.717, 1.165) is 6.42 Å². The molecule has 1 aliphatic carbocycles. The number of aromatic nitrogens is 2. The smallest absolute Gasteiger partial charge is 0.252 e. The summed E-state index contributed by atoms with van der Waals surface area (Å²) in [4.78, 5) is 18.0. The van der Waals surface area contributed by atoms with Gasteiger partial charge in [0.05, 0.1) is 0 Å². The van der Waals surface area contributed by atoms with Gasteiger partial charge in [0.2, 0.25) is 5.95 Å². The van der Waals surface area contributed by atoms with Crippen LogP contribution in [0.25, 0.3) is 0 Å². The number of hydrogen-bond donors (Lipinski definition) is 2. The van der Waals surface area contributed by atoms with Crippen molar-refractivity contribution in [1.82, 2.24) is 9.97 Å². The van der Waals surface area contributed by atoms with Crippen LogP contribution in [-0.2, 0) is 0 Å². The Kier molecular flexibility index (Phi) is 3.56. The second-order valence-electron chi connectivity index (χ2n) is 4.60. The minimum Gasteiger partial charge on any atom is -0.291 e. The van der Waals surface area contributed by atoms with Gasteiger partial charge in [-0.25, -0.2) is 10.4 Å². The number of aryl methyl sites for hydroxylation is 1. The summed E-state index contributed by atoms with van der Waals surface area (Å²) >= 11 is 0. The topological polar surface area (TPSA) is 70.1 Å². The predicted octanol–water partition coefficient (Wildman–Crippen LogP) is 2.06. The summed E-state index contributed by atoms with van der Waals surface area (Å²) in [5.74, 6) is 0.938. The van der Waals surface area contributed by atoms with Crippen LogP contribution in [0.5, 0.6) is 0 Å². The summed E-state index contributed by atoms with van der Waals surface area (Å²) in [5, 5.41) is 4.35. The third-order valence-electron chi connectivity index (χ3n) is 3.06. The van der Waals surface area contributed by atoms with Gasteiger partial charge in [0, 0.05) is 17.5 Å². The second-order valence-corrected chi connectivity index (χ2v) is 4.60. The summed E-state index contributed by atoms with van der Waals surface area (Å²) in [6.07, 6.45) is 4.70. The Morgan fingerprint density at radius 2 is 2.35 bits per heavy atom. The number of nitrogens with one attached hydrogen (secondary N) is 2. The van der Waals surface area contributed by atoms with Crippen LogP contribution >= 0.6 is 0 Å². The Balaban J connectivity index is 2.10. The first-order valence-corrected chi connectivity index (χ1v) is 6.05. The maximum absolute atomic E-state index is 11.2. The van der Waals surface area contributed by atoms with E-state index in [-0.39, 0.29) is 5.56 Å². The highest BCUT2D eigenvalue weighted by atomic mass is 16.1. The van der Waals surface area contributed by atoms with E-state index in [1.165, 1.54) is 31.0 Å². The summed E-state index contributed by atoms with van der Waals surface area (Å²) < 4.78 is 0. The Morgan fingerprint density at radius 1 is 1.53 bits per heavy atom. The Morgan fingerprint density at radius 3 is 3.06 bits per heavy atom. The van der Waals surface area contributed by atoms with E-state index in [1.54, 1.807) is 6.92 Å². The zero-order valence-corrected chi connectivity index (χ0v) is 10.3. The molecule has 0 unspecified atom stereocenters. The molecule has 0 bridgehead atoms. The number of anilines is 1. The lowest BCUT2D eigenvalue weighted by Crippen LogP contribution is -2.18. The van der Waals surface area contributed by atoms with Gasteiger partial charge in [-0.2, -0.15) is 5.10 Å². The molecule has 0 saturated heterocycles. The largest absolute Gasteiger partial charge is 0.291 e. The van der Waals surface area contributed by atoms with Crippen molar-refractivity contribution in [1.29, 1.82) is 0 Å².